The van der Waals surface area contributed by atoms with Crippen molar-refractivity contribution in [2.75, 3.05) is 0 Å². The van der Waals surface area contributed by atoms with E-state index in [0.29, 0.717) is 0 Å². The molecule has 48 valence electrons. The van der Waals surface area contributed by atoms with Crippen molar-refractivity contribution in [3.05, 3.63) is 12.7 Å². The van der Waals surface area contributed by atoms with E-state index in [1.54, 1.807) is 6.07 Å². The summed E-state index contributed by atoms with van der Waals surface area (Å²) in [6, 6.07) is 1.69. The van der Waals surface area contributed by atoms with Crippen molar-refractivity contribution in [1.82, 2.24) is 0 Å². The molecule has 0 spiro atoms. The molecule has 0 unspecified atom stereocenters. The number of nitrogens with zero attached hydrogens (tertiary/aromatic N) is 1. The molecule has 0 atom stereocenters. The highest BCUT2D eigenvalue weighted by atomic mass is 35.5. The molecule has 0 saturated carbocycles. The Morgan fingerprint density at radius 2 is 2.00 bits per heavy atom. The first-order valence-electron chi connectivity index (χ1n) is 2.17. The smallest absolute Gasteiger partial charge is 0.122 e. The molecule has 0 aromatic rings. The summed E-state index contributed by atoms with van der Waals surface area (Å²) in [6.45, 7) is 3.12. The molecule has 0 N–H and O–H groups in total. The number of allylic oxidation sites excluding steroid dienone is 1. The molecule has 0 bridgehead atoms. The molecule has 1 nitrogen and oxygen atoms in total. The fourth-order valence-corrected chi connectivity index (χ4v) is 0. The van der Waals surface area contributed by atoms with Gasteiger partial charge in [0, 0.05) is 6.08 Å². The average Bonchev–Trinajstić information content (AvgIpc) is 1.89. The maximum Gasteiger partial charge on any atom is 0.122 e. The highest BCUT2D eigenvalue weighted by Gasteiger charge is 1.85. The van der Waals surface area contributed by atoms with Crippen LogP contribution in [0.1, 0.15) is 0 Å². The summed E-state index contributed by atoms with van der Waals surface area (Å²) in [5.41, 5.74) is 0. The maximum atomic E-state index is 7.51. The van der Waals surface area contributed by atoms with Crippen LogP contribution in [0.5, 0.6) is 0 Å². The molecule has 9 heavy (non-hydrogen) atoms. The fourth-order valence-electron chi connectivity index (χ4n) is 0. The molecular weight excluding hydrogens is 172 g/mol. The van der Waals surface area contributed by atoms with Crippen LogP contribution in [-0.2, 0) is 0 Å². The lowest BCUT2D eigenvalue weighted by molar-refractivity contribution is 1.37. The lowest BCUT2D eigenvalue weighted by atomic mass is 10.8. The Bertz CT molecular complexity index is 97.6. The second kappa shape index (κ2) is 11.2. The van der Waals surface area contributed by atoms with Crippen molar-refractivity contribution in [3.8, 4) is 6.07 Å². The molecule has 0 aliphatic heterocycles. The van der Waals surface area contributed by atoms with E-state index in [1.165, 1.54) is 6.08 Å². The molecule has 0 fully saturated rings. The molecule has 0 aliphatic rings. The van der Waals surface area contributed by atoms with E-state index in [0.717, 1.165) is 5.28 Å². The summed E-state index contributed by atoms with van der Waals surface area (Å²) in [5, 5.41) is 8.26. The van der Waals surface area contributed by atoms with Gasteiger partial charge in [-0.15, -0.1) is 23.2 Å². The Labute approximate surface area is 73.7 Å². The predicted octanol–water partition coefficient (Wildman–Crippen LogP) is 2.07. The van der Waals surface area contributed by atoms with E-state index in [4.69, 9.17) is 28.5 Å². The third-order valence-electron chi connectivity index (χ3n) is 0.269. The van der Waals surface area contributed by atoms with Gasteiger partial charge >= 0.3 is 0 Å². The average molecular weight is 178 g/mol. The van der Waals surface area contributed by atoms with Gasteiger partial charge in [-0.25, -0.2) is 0 Å². The molecule has 0 saturated heterocycles. The summed E-state index contributed by atoms with van der Waals surface area (Å²) in [4.78, 5) is -0.208. The van der Waals surface area contributed by atoms with E-state index in [-0.39, 0.29) is 4.84 Å². The van der Waals surface area contributed by atoms with Crippen molar-refractivity contribution in [2.24, 2.45) is 0 Å². The number of nitriles is 1. The minimum Gasteiger partial charge on any atom is -0.193 e. The largest absolute Gasteiger partial charge is 0.193 e. The molecule has 0 rings (SSSR count). The predicted molar refractivity (Wildman–Crippen MR) is 41.9 cm³/mol. The zero-order valence-electron chi connectivity index (χ0n) is 4.85. The lowest BCUT2D eigenvalue weighted by Gasteiger charge is -1.85. The Kier molecular flexibility index (Phi) is 15.0. The normalized spacial score (nSPS) is 6.89. The van der Waals surface area contributed by atoms with Crippen molar-refractivity contribution in [3.63, 3.8) is 0 Å². The maximum absolute atomic E-state index is 7.51. The monoisotopic (exact) mass is 177 g/mol. The van der Waals surface area contributed by atoms with Gasteiger partial charge < -0.3 is 0 Å². The van der Waals surface area contributed by atoms with Gasteiger partial charge in [0.25, 0.3) is 0 Å². The second-order valence-electron chi connectivity index (χ2n) is 0.960. The number of alkyl halides is 2. The van der Waals surface area contributed by atoms with Crippen LogP contribution in [0, 0.1) is 11.3 Å². The van der Waals surface area contributed by atoms with E-state index < -0.39 is 0 Å². The third-order valence-corrected chi connectivity index (χ3v) is 1.69. The number of halogens is 2. The summed E-state index contributed by atoms with van der Waals surface area (Å²) in [7, 11) is 0. The minimum atomic E-state index is -0.208. The summed E-state index contributed by atoms with van der Waals surface area (Å²) in [5.74, 6) is 0. The van der Waals surface area contributed by atoms with E-state index in [9.17, 15) is 0 Å². The van der Waals surface area contributed by atoms with Crippen LogP contribution in [0.3, 0.4) is 0 Å². The number of hydrogen-bond donors (Lipinski definition) is 0. The Morgan fingerprint density at radius 1 is 1.78 bits per heavy atom. The first-order chi connectivity index (χ1) is 4.18. The minimum absolute atomic E-state index is 0.208. The molecule has 0 aromatic carbocycles. The van der Waals surface area contributed by atoms with Gasteiger partial charge in [0.2, 0.25) is 0 Å². The summed E-state index contributed by atoms with van der Waals surface area (Å²) in [6.07, 6.45) is 1.18. The van der Waals surface area contributed by atoms with Gasteiger partial charge in [-0.2, -0.15) is 5.26 Å². The van der Waals surface area contributed by atoms with Crippen molar-refractivity contribution < 1.29 is 0 Å². The highest BCUT2D eigenvalue weighted by Crippen LogP contribution is 2.02. The van der Waals surface area contributed by atoms with Crippen molar-refractivity contribution in [1.29, 1.82) is 5.26 Å². The number of hydrogen-bond acceptors (Lipinski definition) is 1. The van der Waals surface area contributed by atoms with E-state index in [2.05, 4.69) is 22.9 Å². The van der Waals surface area contributed by atoms with Crippen LogP contribution in [0.25, 0.3) is 0 Å². The summed E-state index contributed by atoms with van der Waals surface area (Å²) >= 11 is 12.8. The molecule has 0 amide bonds. The molecule has 0 aliphatic carbocycles. The zero-order chi connectivity index (χ0) is 7.70. The summed E-state index contributed by atoms with van der Waals surface area (Å²) < 4.78 is 0. The SMILES string of the molecule is C=CC#N.[Al][CH2]C(Cl)Cl. The molecule has 2 radical (unpaired) electrons. The van der Waals surface area contributed by atoms with Crippen LogP contribution in [0.4, 0.5) is 0 Å². The Hall–Kier alpha value is 0.342. The van der Waals surface area contributed by atoms with E-state index >= 15 is 0 Å². The molecular formula is C5H6AlCl2N. The standard InChI is InChI=1S/C3H3N.C2H3Cl2.Al/c1-2-3-4;1-2(3)4;/h2*2H,1H2;. The van der Waals surface area contributed by atoms with Crippen LogP contribution >= 0.6 is 23.2 Å². The first-order valence-corrected chi connectivity index (χ1v) is 3.86. The van der Waals surface area contributed by atoms with Crippen LogP contribution in [0.2, 0.25) is 5.28 Å². The molecule has 0 heterocycles. The van der Waals surface area contributed by atoms with Gasteiger partial charge in [-0.05, 0) is 0 Å². The van der Waals surface area contributed by atoms with E-state index in [1.807, 2.05) is 0 Å². The van der Waals surface area contributed by atoms with Crippen molar-refractivity contribution >= 4 is 39.5 Å². The fraction of sp³-hybridized carbons (Fsp3) is 0.400. The van der Waals surface area contributed by atoms with Gasteiger partial charge in [-0.1, -0.05) is 11.9 Å². The Balaban J connectivity index is 0. The van der Waals surface area contributed by atoms with Crippen LogP contribution < -0.4 is 0 Å². The topological polar surface area (TPSA) is 23.8 Å². The van der Waals surface area contributed by atoms with Crippen LogP contribution in [-0.4, -0.2) is 21.1 Å². The van der Waals surface area contributed by atoms with Gasteiger partial charge in [0.1, 0.15) is 16.3 Å². The Morgan fingerprint density at radius 3 is 2.00 bits per heavy atom. The molecule has 4 heteroatoms. The zero-order valence-corrected chi connectivity index (χ0v) is 7.52. The van der Waals surface area contributed by atoms with Crippen LogP contribution in [0.15, 0.2) is 12.7 Å². The highest BCUT2D eigenvalue weighted by molar-refractivity contribution is 6.46. The van der Waals surface area contributed by atoms with Crippen molar-refractivity contribution in [2.45, 2.75) is 10.1 Å². The lowest BCUT2D eigenvalue weighted by Crippen LogP contribution is -1.79. The molecule has 0 aromatic heterocycles. The first kappa shape index (κ1) is 12.1. The third kappa shape index (κ3) is 30.0. The number of rotatable bonds is 1. The second-order valence-corrected chi connectivity index (χ2v) is 2.71. The van der Waals surface area contributed by atoms with Gasteiger partial charge in [-0.3, -0.25) is 0 Å². The van der Waals surface area contributed by atoms with Gasteiger partial charge in [0.15, 0.2) is 0 Å². The van der Waals surface area contributed by atoms with Gasteiger partial charge in [0.05, 0.1) is 10.9 Å². The quantitative estimate of drug-likeness (QED) is 0.342.